The van der Waals surface area contributed by atoms with Crippen molar-refractivity contribution in [2.75, 3.05) is 18.0 Å². The summed E-state index contributed by atoms with van der Waals surface area (Å²) in [5.74, 6) is -2.39. The molecule has 0 saturated heterocycles. The number of rotatable bonds is 5. The van der Waals surface area contributed by atoms with Crippen molar-refractivity contribution in [1.82, 2.24) is 0 Å². The van der Waals surface area contributed by atoms with E-state index in [9.17, 15) is 14.7 Å². The van der Waals surface area contributed by atoms with Gasteiger partial charge in [-0.25, -0.2) is 0 Å². The number of hydrogen-bond acceptors (Lipinski definition) is 4. The molecule has 26 heavy (non-hydrogen) atoms. The summed E-state index contributed by atoms with van der Waals surface area (Å²) in [4.78, 5) is 22.1. The number of hydrogen-bond donors (Lipinski definition) is 1. The Kier molecular flexibility index (Phi) is 17.7. The number of carboxylic acids is 2. The van der Waals surface area contributed by atoms with Crippen LogP contribution >= 0.6 is 0 Å². The largest absolute Gasteiger partial charge is 0.676 e. The average Bonchev–Trinajstić information content (AvgIpc) is 2.50. The SMILES string of the molecule is O.O.O=C([O-])CN(CC(=O)O)c1ccccc1.[NH-]C1CCCCC1[NH-].[Pt]. The molecule has 1 aliphatic rings. The van der Waals surface area contributed by atoms with E-state index in [1.54, 1.807) is 30.3 Å². The van der Waals surface area contributed by atoms with Gasteiger partial charge in [-0.05, 0) is 12.1 Å². The fourth-order valence-electron chi connectivity index (χ4n) is 2.33. The van der Waals surface area contributed by atoms with Crippen LogP contribution in [0.15, 0.2) is 30.3 Å². The third kappa shape index (κ3) is 11.9. The van der Waals surface area contributed by atoms with Gasteiger partial charge in [0.05, 0.1) is 12.5 Å². The number of anilines is 1. The molecule has 7 N–H and O–H groups in total. The van der Waals surface area contributed by atoms with Gasteiger partial charge < -0.3 is 42.3 Å². The fraction of sp³-hybridized carbons (Fsp3) is 0.500. The van der Waals surface area contributed by atoms with Gasteiger partial charge in [0.2, 0.25) is 0 Å². The van der Waals surface area contributed by atoms with Crippen molar-refractivity contribution in [3.8, 4) is 0 Å². The van der Waals surface area contributed by atoms with E-state index >= 15 is 0 Å². The van der Waals surface area contributed by atoms with Gasteiger partial charge in [0.1, 0.15) is 6.54 Å². The molecule has 1 fully saturated rings. The molecule has 2 atom stereocenters. The Hall–Kier alpha value is -1.51. The molecule has 1 aromatic rings. The molecular formula is C16H26N3O6Pt-3. The van der Waals surface area contributed by atoms with E-state index in [2.05, 4.69) is 0 Å². The summed E-state index contributed by atoms with van der Waals surface area (Å²) in [7, 11) is 0. The standard InChI is InChI=1S/C10H11NO4.C6H12N2.2H2O.Pt/c12-9(13)6-11(7-10(14)15)8-4-2-1-3-5-8;7-5-3-1-2-4-6(5)8;;;/h1-5H,6-7H2,(H,12,13)(H,14,15);5-8H,1-4H2;2*1H2;/q;-2;;;/p-1. The first-order chi connectivity index (χ1) is 10.9. The van der Waals surface area contributed by atoms with E-state index in [0.717, 1.165) is 12.8 Å². The Labute approximate surface area is 167 Å². The maximum Gasteiger partial charge on any atom is 0.323 e. The monoisotopic (exact) mass is 551 g/mol. The minimum Gasteiger partial charge on any atom is -0.676 e. The van der Waals surface area contributed by atoms with Crippen molar-refractivity contribution in [2.24, 2.45) is 0 Å². The molecule has 0 radical (unpaired) electrons. The zero-order chi connectivity index (χ0) is 17.2. The van der Waals surface area contributed by atoms with E-state index in [1.807, 2.05) is 0 Å². The summed E-state index contributed by atoms with van der Waals surface area (Å²) in [6, 6.07) is 8.31. The van der Waals surface area contributed by atoms with Gasteiger partial charge in [0.25, 0.3) is 0 Å². The van der Waals surface area contributed by atoms with Crippen LogP contribution in [-0.2, 0) is 30.7 Å². The van der Waals surface area contributed by atoms with Crippen molar-refractivity contribution in [1.29, 1.82) is 0 Å². The van der Waals surface area contributed by atoms with E-state index in [0.29, 0.717) is 5.69 Å². The first-order valence-corrected chi connectivity index (χ1v) is 7.54. The van der Waals surface area contributed by atoms with Gasteiger partial charge in [-0.15, -0.1) is 0 Å². The van der Waals surface area contributed by atoms with Gasteiger partial charge in [-0.1, -0.05) is 43.9 Å². The van der Waals surface area contributed by atoms with E-state index in [4.69, 9.17) is 16.6 Å². The zero-order valence-electron chi connectivity index (χ0n) is 14.2. The molecule has 1 aromatic carbocycles. The van der Waals surface area contributed by atoms with Gasteiger partial charge in [0.15, 0.2) is 0 Å². The molecule has 0 aromatic heterocycles. The quantitative estimate of drug-likeness (QED) is 0.541. The topological polar surface area (TPSA) is 191 Å². The third-order valence-electron chi connectivity index (χ3n) is 3.53. The second-order valence-corrected chi connectivity index (χ2v) is 5.45. The first-order valence-electron chi connectivity index (χ1n) is 7.54. The predicted molar refractivity (Wildman–Crippen MR) is 93.2 cm³/mol. The van der Waals surface area contributed by atoms with Crippen LogP contribution < -0.4 is 10.0 Å². The molecule has 1 saturated carbocycles. The fourth-order valence-corrected chi connectivity index (χ4v) is 2.33. The summed E-state index contributed by atoms with van der Waals surface area (Å²) in [5, 5.41) is 19.0. The molecule has 154 valence electrons. The number of nitrogens with zero attached hydrogens (tertiary/aromatic N) is 1. The zero-order valence-corrected chi connectivity index (χ0v) is 16.5. The number of aliphatic carboxylic acids is 2. The van der Waals surface area contributed by atoms with Crippen molar-refractivity contribution in [3.63, 3.8) is 0 Å². The number of nitrogens with one attached hydrogen (secondary N) is 2. The van der Waals surface area contributed by atoms with Crippen LogP contribution in [0.3, 0.4) is 0 Å². The minimum absolute atomic E-state index is 0. The van der Waals surface area contributed by atoms with Gasteiger partial charge in [-0.3, -0.25) is 4.79 Å². The Morgan fingerprint density at radius 1 is 1.04 bits per heavy atom. The molecule has 9 nitrogen and oxygen atoms in total. The first kappa shape index (κ1) is 29.3. The van der Waals surface area contributed by atoms with Crippen molar-refractivity contribution in [3.05, 3.63) is 41.8 Å². The maximum atomic E-state index is 10.5. The second-order valence-electron chi connectivity index (χ2n) is 5.45. The van der Waals surface area contributed by atoms with Crippen molar-refractivity contribution < 1.29 is 51.8 Å². The van der Waals surface area contributed by atoms with Crippen LogP contribution in [0.25, 0.3) is 11.5 Å². The van der Waals surface area contributed by atoms with Gasteiger partial charge >= 0.3 is 5.97 Å². The number of carbonyl (C=O) groups excluding carboxylic acids is 1. The number of carboxylic acid groups (broad SMARTS) is 2. The molecule has 2 rings (SSSR count). The van der Waals surface area contributed by atoms with E-state index in [-0.39, 0.29) is 50.6 Å². The Balaban J connectivity index is -0.000000416. The molecular weight excluding hydrogens is 525 g/mol. The summed E-state index contributed by atoms with van der Waals surface area (Å²) in [6.07, 6.45) is 4.25. The van der Waals surface area contributed by atoms with Crippen molar-refractivity contribution >= 4 is 17.6 Å². The van der Waals surface area contributed by atoms with Gasteiger partial charge in [0, 0.05) is 26.8 Å². The normalized spacial score (nSPS) is 17.8. The van der Waals surface area contributed by atoms with E-state index in [1.165, 1.54) is 17.7 Å². The van der Waals surface area contributed by atoms with Gasteiger partial charge in [-0.2, -0.15) is 12.1 Å². The summed E-state index contributed by atoms with van der Waals surface area (Å²) in [5.41, 5.74) is 15.1. The molecule has 0 heterocycles. The Morgan fingerprint density at radius 3 is 1.85 bits per heavy atom. The van der Waals surface area contributed by atoms with E-state index < -0.39 is 18.5 Å². The number of carbonyl (C=O) groups is 2. The molecule has 2 unspecified atom stereocenters. The third-order valence-corrected chi connectivity index (χ3v) is 3.53. The summed E-state index contributed by atoms with van der Waals surface area (Å²) in [6.45, 7) is -0.797. The predicted octanol–water partition coefficient (Wildman–Crippen LogP) is 0.0776. The second kappa shape index (κ2) is 15.7. The summed E-state index contributed by atoms with van der Waals surface area (Å²) >= 11 is 0. The van der Waals surface area contributed by atoms with Crippen molar-refractivity contribution in [2.45, 2.75) is 37.8 Å². The molecule has 0 bridgehead atoms. The number of benzene rings is 1. The minimum atomic E-state index is -1.31. The molecule has 10 heteroatoms. The molecule has 0 amide bonds. The van der Waals surface area contributed by atoms with Crippen LogP contribution in [-0.4, -0.2) is 53.2 Å². The van der Waals surface area contributed by atoms with Crippen LogP contribution in [0, 0.1) is 0 Å². The Bertz CT molecular complexity index is 480. The molecule has 1 aliphatic carbocycles. The average molecular weight is 551 g/mol. The maximum absolute atomic E-state index is 10.5. The molecule has 0 spiro atoms. The van der Waals surface area contributed by atoms with Crippen LogP contribution in [0.1, 0.15) is 25.7 Å². The summed E-state index contributed by atoms with van der Waals surface area (Å²) < 4.78 is 0. The smallest absolute Gasteiger partial charge is 0.323 e. The molecule has 0 aliphatic heterocycles. The van der Waals surface area contributed by atoms with Crippen LogP contribution in [0.5, 0.6) is 0 Å². The van der Waals surface area contributed by atoms with Crippen LogP contribution in [0.2, 0.25) is 0 Å². The van der Waals surface area contributed by atoms with Crippen LogP contribution in [0.4, 0.5) is 5.69 Å². The Morgan fingerprint density at radius 2 is 1.50 bits per heavy atom. The number of para-hydroxylation sites is 1.